The second kappa shape index (κ2) is 6.34. The molecule has 2 N–H and O–H groups in total. The van der Waals surface area contributed by atoms with Crippen molar-refractivity contribution in [2.75, 3.05) is 5.32 Å². The second-order valence-corrected chi connectivity index (χ2v) is 6.21. The lowest BCUT2D eigenvalue weighted by Gasteiger charge is -2.32. The van der Waals surface area contributed by atoms with Crippen LogP contribution in [0.25, 0.3) is 0 Å². The van der Waals surface area contributed by atoms with Crippen molar-refractivity contribution in [3.63, 3.8) is 0 Å². The number of carbonyl (C=O) groups is 1. The Bertz CT molecular complexity index is 700. The van der Waals surface area contributed by atoms with Gasteiger partial charge in [-0.15, -0.1) is 0 Å². The van der Waals surface area contributed by atoms with Gasteiger partial charge in [-0.1, -0.05) is 38.0 Å². The van der Waals surface area contributed by atoms with Crippen LogP contribution in [-0.4, -0.2) is 11.8 Å². The molecule has 0 heterocycles. The first kappa shape index (κ1) is 16.6. The van der Waals surface area contributed by atoms with Crippen LogP contribution in [0.5, 0.6) is 0 Å². The van der Waals surface area contributed by atoms with E-state index in [0.29, 0.717) is 11.3 Å². The molecule has 1 aromatic carbocycles. The lowest BCUT2D eigenvalue weighted by atomic mass is 9.89. The molecule has 0 bridgehead atoms. The van der Waals surface area contributed by atoms with Crippen molar-refractivity contribution in [2.24, 2.45) is 0 Å². The third-order valence-corrected chi connectivity index (χ3v) is 4.50. The standard InChI is InChI=1S/C18H19F3N2O/c1-11-15(22-12-7-3-2-4-8-12)16(17(11)24)23-14-10-6-5-9-13(14)18(19,20)21/h5-6,9-10,12,22-23H,1-4,7-8H2. The van der Waals surface area contributed by atoms with Crippen LogP contribution in [0.3, 0.4) is 0 Å². The number of para-hydroxylation sites is 1. The summed E-state index contributed by atoms with van der Waals surface area (Å²) in [5.41, 5.74) is 0.127. The molecule has 0 aliphatic heterocycles. The highest BCUT2D eigenvalue weighted by Crippen LogP contribution is 2.37. The van der Waals surface area contributed by atoms with Gasteiger partial charge in [0, 0.05) is 11.6 Å². The zero-order chi connectivity index (χ0) is 17.3. The Hall–Kier alpha value is -2.24. The molecule has 2 aliphatic rings. The molecule has 0 amide bonds. The van der Waals surface area contributed by atoms with E-state index < -0.39 is 11.7 Å². The van der Waals surface area contributed by atoms with Crippen LogP contribution in [0.15, 0.2) is 47.8 Å². The van der Waals surface area contributed by atoms with Gasteiger partial charge in [-0.3, -0.25) is 4.79 Å². The first-order chi connectivity index (χ1) is 11.4. The van der Waals surface area contributed by atoms with Gasteiger partial charge in [0.2, 0.25) is 5.78 Å². The molecule has 6 heteroatoms. The van der Waals surface area contributed by atoms with Crippen molar-refractivity contribution in [3.05, 3.63) is 53.4 Å². The predicted octanol–water partition coefficient (Wildman–Crippen LogP) is 4.39. The smallest absolute Gasteiger partial charge is 0.380 e. The quantitative estimate of drug-likeness (QED) is 0.801. The van der Waals surface area contributed by atoms with E-state index in [1.807, 2.05) is 0 Å². The highest BCUT2D eigenvalue weighted by atomic mass is 19.4. The number of rotatable bonds is 4. The van der Waals surface area contributed by atoms with Crippen LogP contribution >= 0.6 is 0 Å². The highest BCUT2D eigenvalue weighted by molar-refractivity contribution is 6.20. The second-order valence-electron chi connectivity index (χ2n) is 6.21. The Kier molecular flexibility index (Phi) is 4.39. The van der Waals surface area contributed by atoms with Gasteiger partial charge < -0.3 is 10.6 Å². The molecule has 1 aromatic rings. The third-order valence-electron chi connectivity index (χ3n) is 4.50. The van der Waals surface area contributed by atoms with E-state index in [1.165, 1.54) is 24.6 Å². The van der Waals surface area contributed by atoms with Gasteiger partial charge >= 0.3 is 6.18 Å². The number of ketones is 1. The van der Waals surface area contributed by atoms with E-state index in [4.69, 9.17) is 0 Å². The minimum absolute atomic E-state index is 0.121. The summed E-state index contributed by atoms with van der Waals surface area (Å²) in [5.74, 6) is -0.342. The van der Waals surface area contributed by atoms with E-state index in [-0.39, 0.29) is 23.2 Å². The van der Waals surface area contributed by atoms with Gasteiger partial charge in [0.1, 0.15) is 5.70 Å². The number of anilines is 1. The summed E-state index contributed by atoms with van der Waals surface area (Å²) < 4.78 is 39.3. The van der Waals surface area contributed by atoms with Gasteiger partial charge in [-0.05, 0) is 25.0 Å². The van der Waals surface area contributed by atoms with E-state index in [1.54, 1.807) is 0 Å². The summed E-state index contributed by atoms with van der Waals surface area (Å²) in [4.78, 5) is 12.0. The molecular weight excluding hydrogens is 317 g/mol. The Morgan fingerprint density at radius 1 is 1.04 bits per heavy atom. The van der Waals surface area contributed by atoms with Crippen molar-refractivity contribution < 1.29 is 18.0 Å². The summed E-state index contributed by atoms with van der Waals surface area (Å²) in [6.07, 6.45) is 0.941. The molecule has 1 fully saturated rings. The van der Waals surface area contributed by atoms with Crippen LogP contribution < -0.4 is 10.6 Å². The number of hydrogen-bond acceptors (Lipinski definition) is 3. The molecule has 0 spiro atoms. The molecule has 3 rings (SSSR count). The fraction of sp³-hybridized carbons (Fsp3) is 0.389. The SMILES string of the molecule is C=C1C(=O)C(Nc2ccccc2C(F)(F)F)=C1NC1CCCCC1. The fourth-order valence-electron chi connectivity index (χ4n) is 3.17. The number of Topliss-reactive ketones (excluding diaryl/α,β-unsaturated/α-hetero) is 1. The minimum atomic E-state index is -4.48. The third kappa shape index (κ3) is 3.18. The Morgan fingerprint density at radius 2 is 1.71 bits per heavy atom. The monoisotopic (exact) mass is 336 g/mol. The molecule has 0 saturated heterocycles. The van der Waals surface area contributed by atoms with Gasteiger partial charge in [0.05, 0.1) is 16.9 Å². The number of hydrogen-bond donors (Lipinski definition) is 2. The van der Waals surface area contributed by atoms with Gasteiger partial charge in [0.25, 0.3) is 0 Å². The van der Waals surface area contributed by atoms with E-state index in [9.17, 15) is 18.0 Å². The molecule has 0 atom stereocenters. The molecule has 1 saturated carbocycles. The summed E-state index contributed by atoms with van der Waals surface area (Å²) in [7, 11) is 0. The molecule has 2 aliphatic carbocycles. The van der Waals surface area contributed by atoms with E-state index in [0.717, 1.165) is 31.7 Å². The molecule has 128 valence electrons. The predicted molar refractivity (Wildman–Crippen MR) is 86.2 cm³/mol. The number of alkyl halides is 3. The Morgan fingerprint density at radius 3 is 2.38 bits per heavy atom. The number of allylic oxidation sites excluding steroid dienone is 2. The zero-order valence-corrected chi connectivity index (χ0v) is 13.2. The maximum absolute atomic E-state index is 13.1. The van der Waals surface area contributed by atoms with Crippen molar-refractivity contribution in [2.45, 2.75) is 44.3 Å². The van der Waals surface area contributed by atoms with Gasteiger partial charge in [-0.2, -0.15) is 13.2 Å². The number of carbonyl (C=O) groups excluding carboxylic acids is 1. The fourth-order valence-corrected chi connectivity index (χ4v) is 3.17. The molecule has 24 heavy (non-hydrogen) atoms. The van der Waals surface area contributed by atoms with Crippen LogP contribution in [-0.2, 0) is 11.0 Å². The van der Waals surface area contributed by atoms with Crippen molar-refractivity contribution in [1.29, 1.82) is 0 Å². The van der Waals surface area contributed by atoms with Crippen LogP contribution in [0.4, 0.5) is 18.9 Å². The molecule has 3 nitrogen and oxygen atoms in total. The number of nitrogens with one attached hydrogen (secondary N) is 2. The van der Waals surface area contributed by atoms with Crippen LogP contribution in [0, 0.1) is 0 Å². The zero-order valence-electron chi connectivity index (χ0n) is 13.2. The van der Waals surface area contributed by atoms with E-state index >= 15 is 0 Å². The molecular formula is C18H19F3N2O. The van der Waals surface area contributed by atoms with Gasteiger partial charge in [0.15, 0.2) is 0 Å². The maximum Gasteiger partial charge on any atom is 0.418 e. The molecule has 0 radical (unpaired) electrons. The Balaban J connectivity index is 1.85. The average molecular weight is 336 g/mol. The topological polar surface area (TPSA) is 41.1 Å². The largest absolute Gasteiger partial charge is 0.418 e. The molecule has 0 unspecified atom stereocenters. The van der Waals surface area contributed by atoms with Crippen LogP contribution in [0.1, 0.15) is 37.7 Å². The van der Waals surface area contributed by atoms with Crippen molar-refractivity contribution in [3.8, 4) is 0 Å². The number of halogens is 3. The summed E-state index contributed by atoms with van der Waals surface area (Å²) in [5, 5.41) is 5.94. The minimum Gasteiger partial charge on any atom is -0.380 e. The lowest BCUT2D eigenvalue weighted by molar-refractivity contribution is -0.137. The maximum atomic E-state index is 13.1. The van der Waals surface area contributed by atoms with Crippen molar-refractivity contribution >= 4 is 11.5 Å². The highest BCUT2D eigenvalue weighted by Gasteiger charge is 2.37. The first-order valence-electron chi connectivity index (χ1n) is 8.06. The molecule has 0 aromatic heterocycles. The summed E-state index contributed by atoms with van der Waals surface area (Å²) in [6, 6.07) is 5.39. The normalized spacial score (nSPS) is 19.3. The van der Waals surface area contributed by atoms with E-state index in [2.05, 4.69) is 17.2 Å². The van der Waals surface area contributed by atoms with Crippen molar-refractivity contribution in [1.82, 2.24) is 5.32 Å². The van der Waals surface area contributed by atoms with Gasteiger partial charge in [-0.25, -0.2) is 0 Å². The Labute approximate surface area is 138 Å². The van der Waals surface area contributed by atoms with Crippen LogP contribution in [0.2, 0.25) is 0 Å². The summed E-state index contributed by atoms with van der Waals surface area (Å²) in [6.45, 7) is 3.72. The first-order valence-corrected chi connectivity index (χ1v) is 8.06. The lowest BCUT2D eigenvalue weighted by Crippen LogP contribution is -2.40. The summed E-state index contributed by atoms with van der Waals surface area (Å²) >= 11 is 0. The average Bonchev–Trinajstić information content (AvgIpc) is 2.58. The number of benzene rings is 1.